The number of nitrogens with zero attached hydrogens (tertiary/aromatic N) is 1. The summed E-state index contributed by atoms with van der Waals surface area (Å²) in [6.45, 7) is 8.76. The van der Waals surface area contributed by atoms with E-state index in [4.69, 9.17) is 4.74 Å². The molecule has 0 radical (unpaired) electrons. The van der Waals surface area contributed by atoms with E-state index in [-0.39, 0.29) is 12.0 Å². The highest BCUT2D eigenvalue weighted by atomic mass is 16.5. The molecule has 1 N–H and O–H groups in total. The average molecular weight is 304 g/mol. The van der Waals surface area contributed by atoms with Crippen LogP contribution in [-0.2, 0) is 4.79 Å². The number of carbonyl (C=O) groups excluding carboxylic acids is 1. The van der Waals surface area contributed by atoms with Gasteiger partial charge in [0.05, 0.1) is 6.10 Å². The first-order valence-electron chi connectivity index (χ1n) is 8.33. The molecule has 1 aromatic carbocycles. The number of carbonyl (C=O) groups is 1. The summed E-state index contributed by atoms with van der Waals surface area (Å²) in [6, 6.07) is 7.89. The molecule has 1 atom stereocenters. The van der Waals surface area contributed by atoms with Gasteiger partial charge in [-0.2, -0.15) is 0 Å². The van der Waals surface area contributed by atoms with E-state index >= 15 is 0 Å². The van der Waals surface area contributed by atoms with Gasteiger partial charge in [0.2, 0.25) is 5.91 Å². The Kier molecular flexibility index (Phi) is 6.10. The molecule has 1 fully saturated rings. The average Bonchev–Trinajstić information content (AvgIpc) is 2.48. The molecule has 1 aliphatic rings. The van der Waals surface area contributed by atoms with Gasteiger partial charge in [0.25, 0.3) is 0 Å². The van der Waals surface area contributed by atoms with Gasteiger partial charge in [-0.25, -0.2) is 0 Å². The number of piperidine rings is 1. The first-order valence-corrected chi connectivity index (χ1v) is 8.33. The van der Waals surface area contributed by atoms with E-state index < -0.39 is 0 Å². The smallest absolute Gasteiger partial charge is 0.224 e. The summed E-state index contributed by atoms with van der Waals surface area (Å²) in [6.07, 6.45) is 3.12. The van der Waals surface area contributed by atoms with E-state index in [2.05, 4.69) is 12.2 Å². The minimum absolute atomic E-state index is 0.184. The van der Waals surface area contributed by atoms with Gasteiger partial charge >= 0.3 is 0 Å². The summed E-state index contributed by atoms with van der Waals surface area (Å²) in [5.74, 6) is 1.77. The number of rotatable bonds is 6. The van der Waals surface area contributed by atoms with Crippen molar-refractivity contribution in [2.75, 3.05) is 25.0 Å². The Morgan fingerprint density at radius 2 is 2.09 bits per heavy atom. The molecule has 22 heavy (non-hydrogen) atoms. The fraction of sp³-hybridized carbons (Fsp3) is 0.611. The van der Waals surface area contributed by atoms with Gasteiger partial charge in [0.1, 0.15) is 5.75 Å². The van der Waals surface area contributed by atoms with Crippen LogP contribution < -0.4 is 10.1 Å². The van der Waals surface area contributed by atoms with Gasteiger partial charge in [-0.05, 0) is 56.9 Å². The van der Waals surface area contributed by atoms with E-state index in [1.165, 1.54) is 6.42 Å². The molecule has 122 valence electrons. The van der Waals surface area contributed by atoms with Crippen LogP contribution in [0.15, 0.2) is 24.3 Å². The van der Waals surface area contributed by atoms with Crippen LogP contribution in [0.5, 0.6) is 5.75 Å². The zero-order chi connectivity index (χ0) is 15.9. The van der Waals surface area contributed by atoms with Crippen molar-refractivity contribution < 1.29 is 9.53 Å². The van der Waals surface area contributed by atoms with Gasteiger partial charge in [-0.15, -0.1) is 0 Å². The number of benzene rings is 1. The molecular weight excluding hydrogens is 276 g/mol. The van der Waals surface area contributed by atoms with Crippen LogP contribution in [0.2, 0.25) is 0 Å². The lowest BCUT2D eigenvalue weighted by Crippen LogP contribution is -2.39. The molecule has 0 aromatic heterocycles. The van der Waals surface area contributed by atoms with Gasteiger partial charge in [0.15, 0.2) is 0 Å². The minimum atomic E-state index is 0.184. The standard InChI is InChI=1S/C18H28N2O2/c1-14(2)22-17-8-6-16(7-9-17)19-11-10-18(21)20-12-4-5-15(3)13-20/h6-9,14-15,19H,4-5,10-13H2,1-3H3. The summed E-state index contributed by atoms with van der Waals surface area (Å²) in [5, 5.41) is 3.30. The maximum Gasteiger partial charge on any atom is 0.224 e. The van der Waals surface area contributed by atoms with E-state index in [0.717, 1.165) is 30.9 Å². The maximum atomic E-state index is 12.2. The number of amides is 1. The number of nitrogens with one attached hydrogen (secondary N) is 1. The fourth-order valence-corrected chi connectivity index (χ4v) is 2.81. The summed E-state index contributed by atoms with van der Waals surface area (Å²) >= 11 is 0. The second-order valence-corrected chi connectivity index (χ2v) is 6.45. The van der Waals surface area contributed by atoms with Crippen molar-refractivity contribution >= 4 is 11.6 Å². The highest BCUT2D eigenvalue weighted by Crippen LogP contribution is 2.18. The topological polar surface area (TPSA) is 41.6 Å². The number of ether oxygens (including phenoxy) is 1. The lowest BCUT2D eigenvalue weighted by atomic mass is 10.00. The molecular formula is C18H28N2O2. The predicted molar refractivity (Wildman–Crippen MR) is 90.3 cm³/mol. The van der Waals surface area contributed by atoms with Crippen molar-refractivity contribution in [3.63, 3.8) is 0 Å². The second kappa shape index (κ2) is 8.06. The molecule has 0 bridgehead atoms. The SMILES string of the molecule is CC1CCCN(C(=O)CCNc2ccc(OC(C)C)cc2)C1. The highest BCUT2D eigenvalue weighted by molar-refractivity contribution is 5.76. The molecule has 1 aliphatic heterocycles. The highest BCUT2D eigenvalue weighted by Gasteiger charge is 2.20. The van der Waals surface area contributed by atoms with Crippen LogP contribution >= 0.6 is 0 Å². The van der Waals surface area contributed by atoms with Crippen molar-refractivity contribution in [1.82, 2.24) is 4.90 Å². The number of hydrogen-bond acceptors (Lipinski definition) is 3. The van der Waals surface area contributed by atoms with Crippen molar-refractivity contribution in [1.29, 1.82) is 0 Å². The number of anilines is 1. The zero-order valence-electron chi connectivity index (χ0n) is 14.0. The predicted octanol–water partition coefficient (Wildman–Crippen LogP) is 3.53. The zero-order valence-corrected chi connectivity index (χ0v) is 14.0. The van der Waals surface area contributed by atoms with Crippen LogP contribution in [0.25, 0.3) is 0 Å². The van der Waals surface area contributed by atoms with E-state index in [1.54, 1.807) is 0 Å². The number of likely N-dealkylation sites (tertiary alicyclic amines) is 1. The van der Waals surface area contributed by atoms with E-state index in [0.29, 0.717) is 18.9 Å². The fourth-order valence-electron chi connectivity index (χ4n) is 2.81. The Morgan fingerprint density at radius 1 is 1.36 bits per heavy atom. The molecule has 0 saturated carbocycles. The monoisotopic (exact) mass is 304 g/mol. The van der Waals surface area contributed by atoms with Gasteiger partial charge in [-0.1, -0.05) is 6.92 Å². The lowest BCUT2D eigenvalue weighted by molar-refractivity contribution is -0.132. The lowest BCUT2D eigenvalue weighted by Gasteiger charge is -2.31. The maximum absolute atomic E-state index is 12.2. The summed E-state index contributed by atoms with van der Waals surface area (Å²) in [5.41, 5.74) is 1.02. The molecule has 1 aromatic rings. The van der Waals surface area contributed by atoms with Crippen molar-refractivity contribution in [3.05, 3.63) is 24.3 Å². The Morgan fingerprint density at radius 3 is 2.73 bits per heavy atom. The quantitative estimate of drug-likeness (QED) is 0.874. The van der Waals surface area contributed by atoms with Crippen LogP contribution in [0, 0.1) is 5.92 Å². The molecule has 4 heteroatoms. The minimum Gasteiger partial charge on any atom is -0.491 e. The molecule has 0 spiro atoms. The summed E-state index contributed by atoms with van der Waals surface area (Å²) in [4.78, 5) is 14.2. The van der Waals surface area contributed by atoms with Gasteiger partial charge in [0, 0.05) is 31.7 Å². The van der Waals surface area contributed by atoms with Gasteiger partial charge in [-0.3, -0.25) is 4.79 Å². The molecule has 1 heterocycles. The Labute approximate surface area is 133 Å². The molecule has 2 rings (SSSR count). The normalized spacial score (nSPS) is 18.4. The first-order chi connectivity index (χ1) is 10.5. The van der Waals surface area contributed by atoms with Crippen LogP contribution in [0.4, 0.5) is 5.69 Å². The number of hydrogen-bond donors (Lipinski definition) is 1. The van der Waals surface area contributed by atoms with Crippen LogP contribution in [-0.4, -0.2) is 36.5 Å². The van der Waals surface area contributed by atoms with Crippen LogP contribution in [0.1, 0.15) is 40.0 Å². The third kappa shape index (κ3) is 5.24. The van der Waals surface area contributed by atoms with E-state index in [1.807, 2.05) is 43.0 Å². The molecule has 1 saturated heterocycles. The summed E-state index contributed by atoms with van der Waals surface area (Å²) in [7, 11) is 0. The Hall–Kier alpha value is -1.71. The largest absolute Gasteiger partial charge is 0.491 e. The van der Waals surface area contributed by atoms with Gasteiger partial charge < -0.3 is 15.0 Å². The Bertz CT molecular complexity index is 470. The summed E-state index contributed by atoms with van der Waals surface area (Å²) < 4.78 is 5.61. The molecule has 4 nitrogen and oxygen atoms in total. The van der Waals surface area contributed by atoms with Crippen molar-refractivity contribution in [2.45, 2.75) is 46.1 Å². The Balaban J connectivity index is 1.72. The van der Waals surface area contributed by atoms with Crippen molar-refractivity contribution in [3.8, 4) is 5.75 Å². The van der Waals surface area contributed by atoms with Crippen molar-refractivity contribution in [2.24, 2.45) is 5.92 Å². The molecule has 0 aliphatic carbocycles. The van der Waals surface area contributed by atoms with Crippen LogP contribution in [0.3, 0.4) is 0 Å². The molecule has 1 unspecified atom stereocenters. The third-order valence-electron chi connectivity index (χ3n) is 3.90. The first kappa shape index (κ1) is 16.7. The third-order valence-corrected chi connectivity index (χ3v) is 3.90. The van der Waals surface area contributed by atoms with E-state index in [9.17, 15) is 4.79 Å². The second-order valence-electron chi connectivity index (χ2n) is 6.45. The molecule has 1 amide bonds.